The Labute approximate surface area is 186 Å². The Balaban J connectivity index is 1.81. The van der Waals surface area contributed by atoms with Crippen molar-refractivity contribution in [3.8, 4) is 11.1 Å². The average molecular weight is 467 g/mol. The van der Waals surface area contributed by atoms with E-state index in [1.54, 1.807) is 7.05 Å². The number of hydrogen-bond donors (Lipinski definition) is 1. The number of carbonyl (C=O) groups excluding carboxylic acids is 1. The second-order valence-electron chi connectivity index (χ2n) is 7.80. The number of aryl methyl sites for hydroxylation is 1. The van der Waals surface area contributed by atoms with E-state index in [9.17, 15) is 22.4 Å². The molecule has 1 aromatic carbocycles. The molecule has 168 valence electrons. The third-order valence-corrected chi connectivity index (χ3v) is 6.10. The number of anilines is 1. The first kappa shape index (κ1) is 22.3. The fourth-order valence-electron chi connectivity index (χ4n) is 3.92. The normalized spacial score (nSPS) is 16.2. The molecule has 1 saturated carbocycles. The SMILES string of the molecule is Cn1ncc(C(=O)Nc2c(-c3cc(F)ccc3F)ccnc2C2CCC(F)(F)CC2)c1Cl. The first-order chi connectivity index (χ1) is 15.2. The fourth-order valence-corrected chi connectivity index (χ4v) is 4.09. The van der Waals surface area contributed by atoms with Gasteiger partial charge < -0.3 is 5.32 Å². The lowest BCUT2D eigenvalue weighted by Crippen LogP contribution is -2.25. The van der Waals surface area contributed by atoms with Gasteiger partial charge in [-0.05, 0) is 37.1 Å². The van der Waals surface area contributed by atoms with Crippen molar-refractivity contribution in [2.45, 2.75) is 37.5 Å². The molecule has 0 spiro atoms. The van der Waals surface area contributed by atoms with Crippen LogP contribution < -0.4 is 5.32 Å². The third kappa shape index (κ3) is 4.34. The molecule has 2 heterocycles. The molecular formula is C22H19ClF4N4O. The van der Waals surface area contributed by atoms with E-state index < -0.39 is 23.5 Å². The number of halogens is 5. The summed E-state index contributed by atoms with van der Waals surface area (Å²) in [6, 6.07) is 4.42. The number of pyridine rings is 1. The van der Waals surface area contributed by atoms with Crippen molar-refractivity contribution in [2.24, 2.45) is 7.05 Å². The van der Waals surface area contributed by atoms with Gasteiger partial charge in [-0.25, -0.2) is 17.6 Å². The number of alkyl halides is 2. The average Bonchev–Trinajstić information content (AvgIpc) is 3.09. The van der Waals surface area contributed by atoms with Crippen molar-refractivity contribution < 1.29 is 22.4 Å². The maximum atomic E-state index is 14.6. The van der Waals surface area contributed by atoms with Crippen LogP contribution in [-0.4, -0.2) is 26.6 Å². The monoisotopic (exact) mass is 466 g/mol. The molecule has 3 aromatic rings. The Morgan fingerprint density at radius 3 is 2.56 bits per heavy atom. The van der Waals surface area contributed by atoms with Gasteiger partial charge in [0, 0.05) is 43.1 Å². The lowest BCUT2D eigenvalue weighted by atomic mass is 9.83. The van der Waals surface area contributed by atoms with Crippen LogP contribution in [-0.2, 0) is 7.05 Å². The van der Waals surface area contributed by atoms with E-state index in [1.807, 2.05) is 0 Å². The lowest BCUT2D eigenvalue weighted by Gasteiger charge is -2.29. The predicted octanol–water partition coefficient (Wildman–Crippen LogP) is 5.96. The molecule has 4 rings (SSSR count). The number of hydrogen-bond acceptors (Lipinski definition) is 3. The van der Waals surface area contributed by atoms with Crippen molar-refractivity contribution in [1.82, 2.24) is 14.8 Å². The molecule has 0 radical (unpaired) electrons. The number of nitrogens with one attached hydrogen (secondary N) is 1. The zero-order valence-electron chi connectivity index (χ0n) is 17.0. The highest BCUT2D eigenvalue weighted by atomic mass is 35.5. The molecule has 32 heavy (non-hydrogen) atoms. The van der Waals surface area contributed by atoms with Gasteiger partial charge in [0.05, 0.1) is 23.1 Å². The van der Waals surface area contributed by atoms with Gasteiger partial charge in [0.25, 0.3) is 5.91 Å². The van der Waals surface area contributed by atoms with E-state index >= 15 is 0 Å². The van der Waals surface area contributed by atoms with Crippen LogP contribution in [0.1, 0.15) is 47.7 Å². The van der Waals surface area contributed by atoms with Crippen LogP contribution in [0.2, 0.25) is 5.15 Å². The topological polar surface area (TPSA) is 59.8 Å². The third-order valence-electron chi connectivity index (χ3n) is 5.65. The van der Waals surface area contributed by atoms with E-state index in [2.05, 4.69) is 15.4 Å². The number of rotatable bonds is 4. The Morgan fingerprint density at radius 1 is 1.19 bits per heavy atom. The van der Waals surface area contributed by atoms with Crippen LogP contribution in [0.25, 0.3) is 11.1 Å². The van der Waals surface area contributed by atoms with Crippen molar-refractivity contribution >= 4 is 23.2 Å². The molecular weight excluding hydrogens is 448 g/mol. The summed E-state index contributed by atoms with van der Waals surface area (Å²) in [5, 5.41) is 6.71. The summed E-state index contributed by atoms with van der Waals surface area (Å²) < 4.78 is 57.2. The first-order valence-electron chi connectivity index (χ1n) is 9.97. The van der Waals surface area contributed by atoms with Gasteiger partial charge in [-0.3, -0.25) is 14.5 Å². The van der Waals surface area contributed by atoms with Gasteiger partial charge in [0.2, 0.25) is 5.92 Å². The molecule has 1 N–H and O–H groups in total. The molecule has 0 bridgehead atoms. The Bertz CT molecular complexity index is 1170. The minimum absolute atomic E-state index is 0.0739. The summed E-state index contributed by atoms with van der Waals surface area (Å²) >= 11 is 6.12. The maximum Gasteiger partial charge on any atom is 0.260 e. The predicted molar refractivity (Wildman–Crippen MR) is 112 cm³/mol. The van der Waals surface area contributed by atoms with Gasteiger partial charge in [-0.2, -0.15) is 5.10 Å². The van der Waals surface area contributed by atoms with Crippen molar-refractivity contribution in [1.29, 1.82) is 0 Å². The van der Waals surface area contributed by atoms with Gasteiger partial charge in [-0.1, -0.05) is 11.6 Å². The zero-order valence-corrected chi connectivity index (χ0v) is 17.8. The van der Waals surface area contributed by atoms with Crippen LogP contribution >= 0.6 is 11.6 Å². The van der Waals surface area contributed by atoms with E-state index in [0.717, 1.165) is 18.2 Å². The molecule has 5 nitrogen and oxygen atoms in total. The lowest BCUT2D eigenvalue weighted by molar-refractivity contribution is -0.0384. The van der Waals surface area contributed by atoms with Gasteiger partial charge >= 0.3 is 0 Å². The van der Waals surface area contributed by atoms with Crippen LogP contribution in [0.3, 0.4) is 0 Å². The van der Waals surface area contributed by atoms with Gasteiger partial charge in [0.15, 0.2) is 0 Å². The van der Waals surface area contributed by atoms with Crippen molar-refractivity contribution in [3.05, 3.63) is 64.7 Å². The number of amides is 1. The van der Waals surface area contributed by atoms with Crippen molar-refractivity contribution in [2.75, 3.05) is 5.32 Å². The summed E-state index contributed by atoms with van der Waals surface area (Å²) in [5.74, 6) is -5.13. The molecule has 0 unspecified atom stereocenters. The smallest absolute Gasteiger partial charge is 0.260 e. The minimum atomic E-state index is -2.75. The number of aromatic nitrogens is 3. The van der Waals surface area contributed by atoms with Crippen LogP contribution in [0, 0.1) is 11.6 Å². The molecule has 2 aromatic heterocycles. The number of nitrogens with zero attached hydrogens (tertiary/aromatic N) is 3. The molecule has 0 saturated heterocycles. The Kier molecular flexibility index (Phi) is 5.94. The summed E-state index contributed by atoms with van der Waals surface area (Å²) in [5.41, 5.74) is 0.664. The molecule has 10 heteroatoms. The highest BCUT2D eigenvalue weighted by Crippen LogP contribution is 2.44. The summed E-state index contributed by atoms with van der Waals surface area (Å²) in [6.45, 7) is 0. The van der Waals surface area contributed by atoms with Crippen LogP contribution in [0.5, 0.6) is 0 Å². The summed E-state index contributed by atoms with van der Waals surface area (Å²) in [6.07, 6.45) is 2.32. The highest BCUT2D eigenvalue weighted by molar-refractivity contribution is 6.33. The standard InChI is InChI=1S/C22H19ClF4N4O/c1-31-20(23)16(11-29-31)21(32)30-19-14(15-10-13(24)2-3-17(15)25)6-9-28-18(19)12-4-7-22(26,27)8-5-12/h2-3,6,9-12H,4-5,7-8H2,1H3,(H,30,32). The second-order valence-corrected chi connectivity index (χ2v) is 8.16. The number of carbonyl (C=O) groups is 1. The quantitative estimate of drug-likeness (QED) is 0.483. The van der Waals surface area contributed by atoms with Gasteiger partial charge in [-0.15, -0.1) is 0 Å². The maximum absolute atomic E-state index is 14.6. The molecule has 1 aliphatic carbocycles. The molecule has 1 amide bonds. The van der Waals surface area contributed by atoms with Gasteiger partial charge in [0.1, 0.15) is 16.8 Å². The van der Waals surface area contributed by atoms with Crippen molar-refractivity contribution in [3.63, 3.8) is 0 Å². The summed E-state index contributed by atoms with van der Waals surface area (Å²) in [7, 11) is 1.56. The Morgan fingerprint density at radius 2 is 1.91 bits per heavy atom. The fraction of sp³-hybridized carbons (Fsp3) is 0.318. The molecule has 1 fully saturated rings. The molecule has 1 aliphatic rings. The van der Waals surface area contributed by atoms with E-state index in [4.69, 9.17) is 11.6 Å². The Hall–Kier alpha value is -2.94. The van der Waals surface area contributed by atoms with E-state index in [0.29, 0.717) is 5.69 Å². The van der Waals surface area contributed by atoms with Crippen LogP contribution in [0.4, 0.5) is 23.2 Å². The first-order valence-corrected chi connectivity index (χ1v) is 10.3. The van der Waals surface area contributed by atoms with Crippen LogP contribution in [0.15, 0.2) is 36.7 Å². The number of benzene rings is 1. The highest BCUT2D eigenvalue weighted by Gasteiger charge is 2.37. The zero-order chi connectivity index (χ0) is 23.0. The second kappa shape index (κ2) is 8.54. The molecule has 0 atom stereocenters. The summed E-state index contributed by atoms with van der Waals surface area (Å²) in [4.78, 5) is 17.3. The largest absolute Gasteiger partial charge is 0.320 e. The van der Waals surface area contributed by atoms with E-state index in [1.165, 1.54) is 23.1 Å². The minimum Gasteiger partial charge on any atom is -0.320 e. The van der Waals surface area contributed by atoms with E-state index in [-0.39, 0.29) is 59.1 Å². The molecule has 0 aliphatic heterocycles.